The second kappa shape index (κ2) is 3.27. The van der Waals surface area contributed by atoms with Crippen molar-refractivity contribution in [3.05, 3.63) is 23.5 Å². The number of aromatic nitrogens is 3. The predicted octanol–water partition coefficient (Wildman–Crippen LogP) is 2.06. The minimum atomic E-state index is 0.551. The van der Waals surface area contributed by atoms with Gasteiger partial charge in [-0.25, -0.2) is 9.97 Å². The molecule has 2 aromatic rings. The van der Waals surface area contributed by atoms with Gasteiger partial charge in [-0.1, -0.05) is 0 Å². The van der Waals surface area contributed by atoms with E-state index in [0.29, 0.717) is 17.6 Å². The number of hydrogen-bond donors (Lipinski definition) is 1. The van der Waals surface area contributed by atoms with Crippen LogP contribution in [0, 0.1) is 0 Å². The summed E-state index contributed by atoms with van der Waals surface area (Å²) in [5.41, 5.74) is 8.62. The molecule has 1 aliphatic rings. The van der Waals surface area contributed by atoms with Crippen LogP contribution in [0.3, 0.4) is 0 Å². The van der Waals surface area contributed by atoms with E-state index in [-0.39, 0.29) is 0 Å². The average molecular weight is 218 g/mol. The molecule has 76 valence electrons. The lowest BCUT2D eigenvalue weighted by Crippen LogP contribution is -1.98. The minimum absolute atomic E-state index is 0.551. The maximum Gasteiger partial charge on any atom is 0.173 e. The van der Waals surface area contributed by atoms with Crippen LogP contribution in [0.5, 0.6) is 0 Å². The third kappa shape index (κ3) is 1.70. The van der Waals surface area contributed by atoms with Gasteiger partial charge in [0.1, 0.15) is 5.82 Å². The lowest BCUT2D eigenvalue weighted by molar-refractivity contribution is 1.00. The fourth-order valence-corrected chi connectivity index (χ4v) is 2.06. The molecule has 15 heavy (non-hydrogen) atoms. The second-order valence-electron chi connectivity index (χ2n) is 3.68. The molecule has 0 amide bonds. The van der Waals surface area contributed by atoms with Gasteiger partial charge in [-0.15, -0.1) is 11.3 Å². The average Bonchev–Trinajstić information content (AvgIpc) is 2.93. The summed E-state index contributed by atoms with van der Waals surface area (Å²) in [7, 11) is 0. The summed E-state index contributed by atoms with van der Waals surface area (Å²) in [5, 5.41) is 0. The third-order valence-electron chi connectivity index (χ3n) is 2.41. The molecule has 4 nitrogen and oxygen atoms in total. The van der Waals surface area contributed by atoms with Crippen molar-refractivity contribution >= 4 is 17.2 Å². The second-order valence-corrected chi connectivity index (χ2v) is 4.57. The van der Waals surface area contributed by atoms with Crippen LogP contribution in [0.15, 0.2) is 17.8 Å². The van der Waals surface area contributed by atoms with Crippen LogP contribution in [0.4, 0.5) is 5.82 Å². The SMILES string of the molecule is Nc1cc(C2CC2)nc(-c2cncs2)n1. The normalized spacial score (nSPS) is 15.5. The Labute approximate surface area is 91.2 Å². The molecule has 1 aliphatic carbocycles. The monoisotopic (exact) mass is 218 g/mol. The zero-order valence-corrected chi connectivity index (χ0v) is 8.87. The van der Waals surface area contributed by atoms with Gasteiger partial charge in [0.15, 0.2) is 5.82 Å². The smallest absolute Gasteiger partial charge is 0.173 e. The summed E-state index contributed by atoms with van der Waals surface area (Å²) >= 11 is 1.53. The van der Waals surface area contributed by atoms with Gasteiger partial charge in [0.05, 0.1) is 10.4 Å². The highest BCUT2D eigenvalue weighted by atomic mass is 32.1. The van der Waals surface area contributed by atoms with Crippen molar-refractivity contribution in [3.8, 4) is 10.7 Å². The number of thiazole rings is 1. The minimum Gasteiger partial charge on any atom is -0.384 e. The van der Waals surface area contributed by atoms with E-state index in [1.807, 2.05) is 6.07 Å². The Morgan fingerprint density at radius 1 is 1.33 bits per heavy atom. The summed E-state index contributed by atoms with van der Waals surface area (Å²) in [4.78, 5) is 13.7. The number of rotatable bonds is 2. The lowest BCUT2D eigenvalue weighted by Gasteiger charge is -2.02. The van der Waals surface area contributed by atoms with E-state index in [1.54, 1.807) is 11.7 Å². The zero-order valence-electron chi connectivity index (χ0n) is 8.05. The van der Waals surface area contributed by atoms with Crippen molar-refractivity contribution in [2.75, 3.05) is 5.73 Å². The highest BCUT2D eigenvalue weighted by molar-refractivity contribution is 7.13. The van der Waals surface area contributed by atoms with Crippen LogP contribution in [-0.4, -0.2) is 15.0 Å². The molecule has 0 bridgehead atoms. The molecule has 0 aromatic carbocycles. The van der Waals surface area contributed by atoms with Crippen LogP contribution in [0.1, 0.15) is 24.5 Å². The Balaban J connectivity index is 2.07. The summed E-state index contributed by atoms with van der Waals surface area (Å²) in [6.45, 7) is 0. The van der Waals surface area contributed by atoms with Gasteiger partial charge >= 0.3 is 0 Å². The Bertz CT molecular complexity index is 476. The van der Waals surface area contributed by atoms with Crippen molar-refractivity contribution in [2.45, 2.75) is 18.8 Å². The molecule has 1 saturated carbocycles. The van der Waals surface area contributed by atoms with E-state index in [9.17, 15) is 0 Å². The van der Waals surface area contributed by atoms with Gasteiger partial charge in [0, 0.05) is 23.9 Å². The highest BCUT2D eigenvalue weighted by Gasteiger charge is 2.26. The molecule has 0 radical (unpaired) electrons. The van der Waals surface area contributed by atoms with E-state index < -0.39 is 0 Å². The Hall–Kier alpha value is -1.49. The van der Waals surface area contributed by atoms with Gasteiger partial charge in [-0.3, -0.25) is 4.98 Å². The lowest BCUT2D eigenvalue weighted by atomic mass is 10.2. The van der Waals surface area contributed by atoms with Gasteiger partial charge < -0.3 is 5.73 Å². The fourth-order valence-electron chi connectivity index (χ4n) is 1.51. The van der Waals surface area contributed by atoms with E-state index in [4.69, 9.17) is 5.73 Å². The van der Waals surface area contributed by atoms with Gasteiger partial charge in [0.25, 0.3) is 0 Å². The molecule has 0 spiro atoms. The van der Waals surface area contributed by atoms with Crippen LogP contribution < -0.4 is 5.73 Å². The molecule has 0 atom stereocenters. The Morgan fingerprint density at radius 3 is 2.87 bits per heavy atom. The maximum absolute atomic E-state index is 5.76. The molecular weight excluding hydrogens is 208 g/mol. The molecule has 1 fully saturated rings. The molecular formula is C10H10N4S. The number of nitrogen functional groups attached to an aromatic ring is 1. The summed E-state index contributed by atoms with van der Waals surface area (Å²) in [5.74, 6) is 1.86. The van der Waals surface area contributed by atoms with Crippen molar-refractivity contribution in [1.29, 1.82) is 0 Å². The number of nitrogens with zero attached hydrogens (tertiary/aromatic N) is 3. The molecule has 0 aliphatic heterocycles. The number of nitrogens with two attached hydrogens (primary N) is 1. The molecule has 5 heteroatoms. The van der Waals surface area contributed by atoms with Crippen LogP contribution in [-0.2, 0) is 0 Å². The van der Waals surface area contributed by atoms with Gasteiger partial charge in [-0.05, 0) is 12.8 Å². The zero-order chi connectivity index (χ0) is 10.3. The standard InChI is InChI=1S/C10H10N4S/c11-9-3-7(6-1-2-6)13-10(14-9)8-4-12-5-15-8/h3-6H,1-2H2,(H2,11,13,14). The predicted molar refractivity (Wildman–Crippen MR) is 59.5 cm³/mol. The largest absolute Gasteiger partial charge is 0.384 e. The Kier molecular flexibility index (Phi) is 1.92. The quantitative estimate of drug-likeness (QED) is 0.838. The van der Waals surface area contributed by atoms with E-state index in [0.717, 1.165) is 10.6 Å². The summed E-state index contributed by atoms with van der Waals surface area (Å²) < 4.78 is 0. The first kappa shape index (κ1) is 8.79. The van der Waals surface area contributed by atoms with Gasteiger partial charge in [-0.2, -0.15) is 0 Å². The van der Waals surface area contributed by atoms with Crippen molar-refractivity contribution in [1.82, 2.24) is 15.0 Å². The fraction of sp³-hybridized carbons (Fsp3) is 0.300. The van der Waals surface area contributed by atoms with E-state index in [2.05, 4.69) is 15.0 Å². The maximum atomic E-state index is 5.76. The van der Waals surface area contributed by atoms with Crippen molar-refractivity contribution in [2.24, 2.45) is 0 Å². The molecule has 2 heterocycles. The van der Waals surface area contributed by atoms with Gasteiger partial charge in [0.2, 0.25) is 0 Å². The van der Waals surface area contributed by atoms with Crippen LogP contribution in [0.25, 0.3) is 10.7 Å². The molecule has 2 aromatic heterocycles. The first-order valence-corrected chi connectivity index (χ1v) is 5.74. The number of hydrogen-bond acceptors (Lipinski definition) is 5. The molecule has 2 N–H and O–H groups in total. The van der Waals surface area contributed by atoms with E-state index in [1.165, 1.54) is 24.2 Å². The Morgan fingerprint density at radius 2 is 2.20 bits per heavy atom. The first-order chi connectivity index (χ1) is 7.33. The topological polar surface area (TPSA) is 64.7 Å². The van der Waals surface area contributed by atoms with Crippen LogP contribution >= 0.6 is 11.3 Å². The first-order valence-electron chi connectivity index (χ1n) is 4.86. The molecule has 0 unspecified atom stereocenters. The summed E-state index contributed by atoms with van der Waals surface area (Å²) in [6.07, 6.45) is 4.22. The van der Waals surface area contributed by atoms with E-state index >= 15 is 0 Å². The van der Waals surface area contributed by atoms with Crippen LogP contribution in [0.2, 0.25) is 0 Å². The van der Waals surface area contributed by atoms with Crippen molar-refractivity contribution in [3.63, 3.8) is 0 Å². The highest BCUT2D eigenvalue weighted by Crippen LogP contribution is 2.40. The molecule has 3 rings (SSSR count). The van der Waals surface area contributed by atoms with Crippen molar-refractivity contribution < 1.29 is 0 Å². The summed E-state index contributed by atoms with van der Waals surface area (Å²) in [6, 6.07) is 1.88. The number of anilines is 1. The third-order valence-corrected chi connectivity index (χ3v) is 3.18. The molecule has 0 saturated heterocycles.